The predicted octanol–water partition coefficient (Wildman–Crippen LogP) is 1.50. The van der Waals surface area contributed by atoms with E-state index in [1.54, 1.807) is 0 Å². The van der Waals surface area contributed by atoms with Crippen molar-refractivity contribution in [2.45, 2.75) is 46.1 Å². The molecule has 0 rings (SSSR count). The third-order valence-electron chi connectivity index (χ3n) is 2.15. The molecular weight excluding hydrogens is 140 g/mol. The fourth-order valence-electron chi connectivity index (χ4n) is 1.18. The second-order valence-electron chi connectivity index (χ2n) is 2.95. The standard InChI is InChI=1S/C8H20OSi/c1-4-6-8(9-10)7(3)5-2/h7-8H,4-6H2,1-3,10H3. The van der Waals surface area contributed by atoms with Gasteiger partial charge in [0.05, 0.1) is 0 Å². The molecule has 1 nitrogen and oxygen atoms in total. The fourth-order valence-corrected chi connectivity index (χ4v) is 1.88. The summed E-state index contributed by atoms with van der Waals surface area (Å²) in [7, 11) is 0.889. The summed E-state index contributed by atoms with van der Waals surface area (Å²) < 4.78 is 5.48. The van der Waals surface area contributed by atoms with Crippen molar-refractivity contribution < 1.29 is 4.43 Å². The Morgan fingerprint density at radius 1 is 1.40 bits per heavy atom. The minimum Gasteiger partial charge on any atom is -0.425 e. The Bertz CT molecular complexity index is 75.7. The summed E-state index contributed by atoms with van der Waals surface area (Å²) in [5, 5.41) is 0. The first-order valence-corrected chi connectivity index (χ1v) is 5.10. The van der Waals surface area contributed by atoms with Crippen molar-refractivity contribution in [1.29, 1.82) is 0 Å². The molecule has 0 N–H and O–H groups in total. The van der Waals surface area contributed by atoms with Crippen LogP contribution in [0.2, 0.25) is 0 Å². The minimum atomic E-state index is 0.543. The SMILES string of the molecule is CCCC(O[SiH3])C(C)CC. The quantitative estimate of drug-likeness (QED) is 0.554. The lowest BCUT2D eigenvalue weighted by molar-refractivity contribution is 0.143. The maximum absolute atomic E-state index is 5.48. The molecule has 0 aliphatic heterocycles. The van der Waals surface area contributed by atoms with Crippen LogP contribution in [0.1, 0.15) is 40.0 Å². The highest BCUT2D eigenvalue weighted by atomic mass is 28.2. The van der Waals surface area contributed by atoms with Gasteiger partial charge in [0.1, 0.15) is 10.5 Å². The molecule has 0 saturated carbocycles. The topological polar surface area (TPSA) is 9.23 Å². The largest absolute Gasteiger partial charge is 0.425 e. The van der Waals surface area contributed by atoms with Gasteiger partial charge in [0.2, 0.25) is 0 Å². The molecule has 2 unspecified atom stereocenters. The Morgan fingerprint density at radius 2 is 2.00 bits per heavy atom. The molecule has 10 heavy (non-hydrogen) atoms. The zero-order chi connectivity index (χ0) is 7.98. The lowest BCUT2D eigenvalue weighted by Gasteiger charge is -2.21. The summed E-state index contributed by atoms with van der Waals surface area (Å²) >= 11 is 0. The molecule has 0 radical (unpaired) electrons. The monoisotopic (exact) mass is 160 g/mol. The van der Waals surface area contributed by atoms with E-state index in [4.69, 9.17) is 4.43 Å². The Morgan fingerprint density at radius 3 is 2.30 bits per heavy atom. The Labute approximate surface area is 67.7 Å². The molecular formula is C8H20OSi. The Kier molecular flexibility index (Phi) is 6.03. The molecule has 0 aromatic rings. The molecule has 0 bridgehead atoms. The van der Waals surface area contributed by atoms with Gasteiger partial charge in [-0.2, -0.15) is 0 Å². The number of hydrogen-bond donors (Lipinski definition) is 0. The highest BCUT2D eigenvalue weighted by Gasteiger charge is 2.11. The van der Waals surface area contributed by atoms with Crippen molar-refractivity contribution in [3.63, 3.8) is 0 Å². The Balaban J connectivity index is 3.56. The first-order valence-electron chi connectivity index (χ1n) is 4.29. The second-order valence-corrected chi connectivity index (χ2v) is 3.42. The zero-order valence-electron chi connectivity index (χ0n) is 7.68. The van der Waals surface area contributed by atoms with Crippen molar-refractivity contribution in [2.75, 3.05) is 0 Å². The van der Waals surface area contributed by atoms with Crippen LogP contribution in [0.25, 0.3) is 0 Å². The highest BCUT2D eigenvalue weighted by Crippen LogP contribution is 2.14. The lowest BCUT2D eigenvalue weighted by Crippen LogP contribution is -2.19. The van der Waals surface area contributed by atoms with Crippen LogP contribution in [0.15, 0.2) is 0 Å². The van der Waals surface area contributed by atoms with E-state index in [1.807, 2.05) is 0 Å². The molecule has 0 aromatic carbocycles. The van der Waals surface area contributed by atoms with E-state index in [1.165, 1.54) is 19.3 Å². The molecule has 0 spiro atoms. The molecule has 0 saturated heterocycles. The molecule has 0 amide bonds. The van der Waals surface area contributed by atoms with Gasteiger partial charge in [-0.25, -0.2) is 0 Å². The summed E-state index contributed by atoms with van der Waals surface area (Å²) in [4.78, 5) is 0. The molecule has 0 aromatic heterocycles. The van der Waals surface area contributed by atoms with Crippen molar-refractivity contribution in [3.8, 4) is 0 Å². The van der Waals surface area contributed by atoms with Gasteiger partial charge in [0.15, 0.2) is 0 Å². The predicted molar refractivity (Wildman–Crippen MR) is 49.2 cm³/mol. The first-order chi connectivity index (χ1) is 4.76. The van der Waals surface area contributed by atoms with E-state index >= 15 is 0 Å². The molecule has 2 heteroatoms. The minimum absolute atomic E-state index is 0.543. The normalized spacial score (nSPS) is 17.1. The van der Waals surface area contributed by atoms with Gasteiger partial charge < -0.3 is 4.43 Å². The van der Waals surface area contributed by atoms with Crippen LogP contribution in [-0.4, -0.2) is 16.6 Å². The average Bonchev–Trinajstić information content (AvgIpc) is 1.99. The lowest BCUT2D eigenvalue weighted by atomic mass is 9.98. The van der Waals surface area contributed by atoms with E-state index in [2.05, 4.69) is 20.8 Å². The molecule has 0 heterocycles. The van der Waals surface area contributed by atoms with Crippen molar-refractivity contribution in [1.82, 2.24) is 0 Å². The van der Waals surface area contributed by atoms with E-state index in [0.29, 0.717) is 6.10 Å². The van der Waals surface area contributed by atoms with Crippen LogP contribution in [-0.2, 0) is 4.43 Å². The van der Waals surface area contributed by atoms with Crippen LogP contribution >= 0.6 is 0 Å². The smallest absolute Gasteiger partial charge is 0.146 e. The molecule has 0 aliphatic rings. The fraction of sp³-hybridized carbons (Fsp3) is 1.00. The van der Waals surface area contributed by atoms with Gasteiger partial charge >= 0.3 is 0 Å². The van der Waals surface area contributed by atoms with E-state index < -0.39 is 0 Å². The summed E-state index contributed by atoms with van der Waals surface area (Å²) in [5.74, 6) is 0.748. The summed E-state index contributed by atoms with van der Waals surface area (Å²) in [6.07, 6.45) is 4.27. The van der Waals surface area contributed by atoms with E-state index in [0.717, 1.165) is 16.4 Å². The van der Waals surface area contributed by atoms with Crippen LogP contribution in [0.3, 0.4) is 0 Å². The van der Waals surface area contributed by atoms with Gasteiger partial charge in [-0.15, -0.1) is 0 Å². The van der Waals surface area contributed by atoms with Crippen molar-refractivity contribution in [3.05, 3.63) is 0 Å². The van der Waals surface area contributed by atoms with Gasteiger partial charge in [-0.1, -0.05) is 33.6 Å². The zero-order valence-corrected chi connectivity index (χ0v) is 9.68. The van der Waals surface area contributed by atoms with Gasteiger partial charge in [-0.3, -0.25) is 0 Å². The van der Waals surface area contributed by atoms with E-state index in [9.17, 15) is 0 Å². The average molecular weight is 160 g/mol. The van der Waals surface area contributed by atoms with Crippen molar-refractivity contribution >= 4 is 10.5 Å². The maximum atomic E-state index is 5.48. The van der Waals surface area contributed by atoms with Crippen molar-refractivity contribution in [2.24, 2.45) is 5.92 Å². The first kappa shape index (κ1) is 10.2. The number of rotatable bonds is 5. The van der Waals surface area contributed by atoms with Gasteiger partial charge in [0.25, 0.3) is 0 Å². The Hall–Kier alpha value is 0.177. The van der Waals surface area contributed by atoms with Crippen LogP contribution in [0.4, 0.5) is 0 Å². The summed E-state index contributed by atoms with van der Waals surface area (Å²) in [5.41, 5.74) is 0. The summed E-state index contributed by atoms with van der Waals surface area (Å²) in [6.45, 7) is 6.72. The summed E-state index contributed by atoms with van der Waals surface area (Å²) in [6, 6.07) is 0. The van der Waals surface area contributed by atoms with Gasteiger partial charge in [0, 0.05) is 6.10 Å². The number of hydrogen-bond acceptors (Lipinski definition) is 1. The molecule has 2 atom stereocenters. The second kappa shape index (κ2) is 5.92. The highest BCUT2D eigenvalue weighted by molar-refractivity contribution is 5.98. The maximum Gasteiger partial charge on any atom is 0.146 e. The van der Waals surface area contributed by atoms with Gasteiger partial charge in [-0.05, 0) is 12.3 Å². The van der Waals surface area contributed by atoms with Crippen LogP contribution in [0, 0.1) is 5.92 Å². The third kappa shape index (κ3) is 3.37. The third-order valence-corrected chi connectivity index (χ3v) is 2.76. The van der Waals surface area contributed by atoms with Crippen LogP contribution in [0.5, 0.6) is 0 Å². The molecule has 0 fully saturated rings. The molecule has 62 valence electrons. The van der Waals surface area contributed by atoms with E-state index in [-0.39, 0.29) is 0 Å². The van der Waals surface area contributed by atoms with Crippen LogP contribution < -0.4 is 0 Å². The molecule has 0 aliphatic carbocycles.